The molecule has 7 heteroatoms. The van der Waals surface area contributed by atoms with Crippen LogP contribution >= 0.6 is 26.6 Å². The molecule has 2 rings (SSSR count). The second-order valence-electron chi connectivity index (χ2n) is 5.36. The zero-order chi connectivity index (χ0) is 15.6. The average Bonchev–Trinajstić information content (AvgIpc) is 2.42. The summed E-state index contributed by atoms with van der Waals surface area (Å²) >= 11 is 3.29. The Bertz CT molecular complexity index is 654. The number of halogens is 2. The number of nitrogens with one attached hydrogen (secondary N) is 1. The van der Waals surface area contributed by atoms with Crippen molar-refractivity contribution in [3.8, 4) is 0 Å². The third kappa shape index (κ3) is 4.20. The lowest BCUT2D eigenvalue weighted by Crippen LogP contribution is -2.25. The van der Waals surface area contributed by atoms with Crippen LogP contribution in [-0.4, -0.2) is 14.3 Å². The van der Waals surface area contributed by atoms with Gasteiger partial charge in [0.2, 0.25) is 5.91 Å². The molecule has 1 aliphatic carbocycles. The molecule has 1 aromatic rings. The van der Waals surface area contributed by atoms with E-state index in [0.717, 1.165) is 25.7 Å². The lowest BCUT2D eigenvalue weighted by molar-refractivity contribution is -0.120. The first-order valence-electron chi connectivity index (χ1n) is 6.84. The van der Waals surface area contributed by atoms with Crippen LogP contribution < -0.4 is 5.32 Å². The number of rotatable bonds is 3. The number of carbonyl (C=O) groups excluding carboxylic acids is 1. The molecule has 1 aromatic carbocycles. The number of benzene rings is 1. The van der Waals surface area contributed by atoms with E-state index < -0.39 is 9.05 Å². The first kappa shape index (κ1) is 16.8. The van der Waals surface area contributed by atoms with Crippen molar-refractivity contribution in [1.82, 2.24) is 0 Å². The quantitative estimate of drug-likeness (QED) is 0.781. The predicted molar refractivity (Wildman–Crippen MR) is 87.1 cm³/mol. The van der Waals surface area contributed by atoms with E-state index in [-0.39, 0.29) is 16.7 Å². The topological polar surface area (TPSA) is 63.2 Å². The maximum atomic E-state index is 12.2. The van der Waals surface area contributed by atoms with Crippen LogP contribution in [0.25, 0.3) is 0 Å². The third-order valence-corrected chi connectivity index (χ3v) is 5.88. The molecule has 1 amide bonds. The highest BCUT2D eigenvalue weighted by Gasteiger charge is 2.23. The zero-order valence-electron chi connectivity index (χ0n) is 11.7. The fraction of sp³-hybridized carbons (Fsp3) is 0.500. The molecular weight excluding hydrogens is 378 g/mol. The van der Waals surface area contributed by atoms with E-state index in [1.807, 2.05) is 0 Å². The molecule has 0 radical (unpaired) electrons. The van der Waals surface area contributed by atoms with E-state index in [2.05, 4.69) is 21.2 Å². The number of aryl methyl sites for hydroxylation is 1. The Balaban J connectivity index is 2.21. The smallest absolute Gasteiger partial charge is 0.261 e. The summed E-state index contributed by atoms with van der Waals surface area (Å²) in [5.74, 6) is 0.0404. The third-order valence-electron chi connectivity index (χ3n) is 3.76. The van der Waals surface area contributed by atoms with E-state index in [9.17, 15) is 13.2 Å². The van der Waals surface area contributed by atoms with Crippen molar-refractivity contribution in [3.05, 3.63) is 22.2 Å². The van der Waals surface area contributed by atoms with E-state index in [1.165, 1.54) is 12.5 Å². The van der Waals surface area contributed by atoms with Crippen molar-refractivity contribution in [3.63, 3.8) is 0 Å². The lowest BCUT2D eigenvalue weighted by Gasteiger charge is -2.21. The molecule has 1 aliphatic rings. The van der Waals surface area contributed by atoms with E-state index in [0.29, 0.717) is 15.7 Å². The molecule has 0 bridgehead atoms. The van der Waals surface area contributed by atoms with Gasteiger partial charge in [0.1, 0.15) is 0 Å². The molecule has 0 saturated heterocycles. The molecule has 0 aromatic heterocycles. The molecule has 4 nitrogen and oxygen atoms in total. The summed E-state index contributed by atoms with van der Waals surface area (Å²) in [5.41, 5.74) is 1.08. The average molecular weight is 395 g/mol. The van der Waals surface area contributed by atoms with E-state index in [1.54, 1.807) is 13.0 Å². The minimum atomic E-state index is -3.79. The summed E-state index contributed by atoms with van der Waals surface area (Å²) in [4.78, 5) is 12.3. The van der Waals surface area contributed by atoms with Crippen LogP contribution in [0.4, 0.5) is 5.69 Å². The molecule has 0 spiro atoms. The molecule has 0 aliphatic heterocycles. The van der Waals surface area contributed by atoms with Crippen molar-refractivity contribution in [2.45, 2.75) is 43.9 Å². The van der Waals surface area contributed by atoms with Crippen LogP contribution in [0.15, 0.2) is 21.5 Å². The molecule has 0 heterocycles. The summed E-state index contributed by atoms with van der Waals surface area (Å²) in [6, 6.07) is 3.05. The van der Waals surface area contributed by atoms with Gasteiger partial charge in [-0.2, -0.15) is 0 Å². The minimum absolute atomic E-state index is 0.00344. The Morgan fingerprint density at radius 1 is 1.29 bits per heavy atom. The van der Waals surface area contributed by atoms with Crippen LogP contribution in [0.5, 0.6) is 0 Å². The molecule has 0 unspecified atom stereocenters. The first-order chi connectivity index (χ1) is 9.79. The fourth-order valence-corrected chi connectivity index (χ4v) is 4.42. The standard InChI is InChI=1S/C14H17BrClNO3S/c1-9-7-12(11(15)8-13(9)21(16,19)20)17-14(18)10-5-3-2-4-6-10/h7-8,10H,2-6H2,1H3,(H,17,18). The predicted octanol–water partition coefficient (Wildman–Crippen LogP) is 4.20. The van der Waals surface area contributed by atoms with Crippen LogP contribution in [0.2, 0.25) is 0 Å². The monoisotopic (exact) mass is 393 g/mol. The SMILES string of the molecule is Cc1cc(NC(=O)C2CCCCC2)c(Br)cc1S(=O)(=O)Cl. The molecule has 1 saturated carbocycles. The summed E-state index contributed by atoms with van der Waals surface area (Å²) < 4.78 is 23.4. The maximum Gasteiger partial charge on any atom is 0.261 e. The molecule has 0 atom stereocenters. The normalized spacial score (nSPS) is 16.7. The molecule has 116 valence electrons. The van der Waals surface area contributed by atoms with Crippen molar-refractivity contribution < 1.29 is 13.2 Å². The number of anilines is 1. The summed E-state index contributed by atoms with van der Waals surface area (Å²) in [5, 5.41) is 2.88. The van der Waals surface area contributed by atoms with Gasteiger partial charge >= 0.3 is 0 Å². The highest BCUT2D eigenvalue weighted by molar-refractivity contribution is 9.10. The highest BCUT2D eigenvalue weighted by atomic mass is 79.9. The largest absolute Gasteiger partial charge is 0.325 e. The zero-order valence-corrected chi connectivity index (χ0v) is 14.8. The Kier molecular flexibility index (Phi) is 5.33. The second-order valence-corrected chi connectivity index (χ2v) is 8.75. The Morgan fingerprint density at radius 3 is 2.48 bits per heavy atom. The Morgan fingerprint density at radius 2 is 1.90 bits per heavy atom. The summed E-state index contributed by atoms with van der Waals surface area (Å²) in [6.45, 7) is 1.65. The van der Waals surface area contributed by atoms with Crippen LogP contribution in [0.1, 0.15) is 37.7 Å². The summed E-state index contributed by atoms with van der Waals surface area (Å²) in [6.07, 6.45) is 5.19. The fourth-order valence-electron chi connectivity index (χ4n) is 2.62. The van der Waals surface area contributed by atoms with Gasteiger partial charge in [-0.15, -0.1) is 0 Å². The van der Waals surface area contributed by atoms with Crippen LogP contribution in [0.3, 0.4) is 0 Å². The van der Waals surface area contributed by atoms with Gasteiger partial charge in [-0.1, -0.05) is 19.3 Å². The van der Waals surface area contributed by atoms with Gasteiger partial charge in [-0.3, -0.25) is 4.79 Å². The number of hydrogen-bond donors (Lipinski definition) is 1. The van der Waals surface area contributed by atoms with Gasteiger partial charge in [0.05, 0.1) is 10.6 Å². The van der Waals surface area contributed by atoms with E-state index in [4.69, 9.17) is 10.7 Å². The molecule has 1 fully saturated rings. The maximum absolute atomic E-state index is 12.2. The van der Waals surface area contributed by atoms with E-state index >= 15 is 0 Å². The Hall–Kier alpha value is -0.590. The number of amides is 1. The van der Waals surface area contributed by atoms with Crippen LogP contribution in [-0.2, 0) is 13.8 Å². The van der Waals surface area contributed by atoms with Gasteiger partial charge in [-0.05, 0) is 53.4 Å². The van der Waals surface area contributed by atoms with Crippen molar-refractivity contribution in [2.24, 2.45) is 5.92 Å². The first-order valence-corrected chi connectivity index (χ1v) is 9.95. The summed E-state index contributed by atoms with van der Waals surface area (Å²) in [7, 11) is 1.59. The molecule has 21 heavy (non-hydrogen) atoms. The van der Waals surface area contributed by atoms with Gasteiger partial charge in [0, 0.05) is 21.1 Å². The van der Waals surface area contributed by atoms with Crippen molar-refractivity contribution in [2.75, 3.05) is 5.32 Å². The van der Waals surface area contributed by atoms with Crippen molar-refractivity contribution in [1.29, 1.82) is 0 Å². The van der Waals surface area contributed by atoms with Gasteiger partial charge in [0.15, 0.2) is 0 Å². The Labute approximate surface area is 137 Å². The number of carbonyl (C=O) groups is 1. The lowest BCUT2D eigenvalue weighted by atomic mass is 9.88. The molecule has 1 N–H and O–H groups in total. The second kappa shape index (κ2) is 6.67. The van der Waals surface area contributed by atoms with Gasteiger partial charge in [0.25, 0.3) is 9.05 Å². The molecular formula is C14H17BrClNO3S. The minimum Gasteiger partial charge on any atom is -0.325 e. The van der Waals surface area contributed by atoms with Gasteiger partial charge in [-0.25, -0.2) is 8.42 Å². The van der Waals surface area contributed by atoms with Crippen molar-refractivity contribution >= 4 is 47.3 Å². The van der Waals surface area contributed by atoms with Crippen LogP contribution in [0, 0.1) is 12.8 Å². The number of hydrogen-bond acceptors (Lipinski definition) is 3. The highest BCUT2D eigenvalue weighted by Crippen LogP contribution is 2.32. The van der Waals surface area contributed by atoms with Gasteiger partial charge < -0.3 is 5.32 Å².